The smallest absolute Gasteiger partial charge is 0.219 e. The summed E-state index contributed by atoms with van der Waals surface area (Å²) in [4.78, 5) is 24.4. The topological polar surface area (TPSA) is 74.5 Å². The number of hydrogen-bond donors (Lipinski definition) is 1. The molecule has 3 heterocycles. The van der Waals surface area contributed by atoms with Crippen LogP contribution >= 0.6 is 0 Å². The van der Waals surface area contributed by atoms with E-state index in [1.54, 1.807) is 13.2 Å². The van der Waals surface area contributed by atoms with Gasteiger partial charge in [0.15, 0.2) is 0 Å². The number of nitrogens with one attached hydrogen (secondary N) is 1. The quantitative estimate of drug-likeness (QED) is 0.925. The van der Waals surface area contributed by atoms with Crippen LogP contribution < -0.4 is 10.2 Å². The van der Waals surface area contributed by atoms with Crippen molar-refractivity contribution in [3.8, 4) is 0 Å². The van der Waals surface area contributed by atoms with Crippen LogP contribution in [0.2, 0.25) is 0 Å². The zero-order chi connectivity index (χ0) is 16.2. The Kier molecular flexibility index (Phi) is 4.45. The molecule has 7 nitrogen and oxygen atoms in total. The van der Waals surface area contributed by atoms with Crippen molar-refractivity contribution in [2.75, 3.05) is 36.4 Å². The maximum atomic E-state index is 11.4. The number of aryl methyl sites for hydroxylation is 1. The Bertz CT molecular complexity index is 663. The average Bonchev–Trinajstić information content (AvgIpc) is 3.06. The first-order valence-corrected chi connectivity index (χ1v) is 7.74. The second-order valence-corrected chi connectivity index (χ2v) is 5.58. The van der Waals surface area contributed by atoms with Crippen LogP contribution in [0.3, 0.4) is 0 Å². The fourth-order valence-electron chi connectivity index (χ4n) is 2.65. The zero-order valence-corrected chi connectivity index (χ0v) is 13.5. The monoisotopic (exact) mass is 315 g/mol. The number of aromatic nitrogens is 2. The van der Waals surface area contributed by atoms with E-state index in [-0.39, 0.29) is 5.91 Å². The van der Waals surface area contributed by atoms with E-state index in [4.69, 9.17) is 4.42 Å². The standard InChI is InChI=1S/C16H21N5O2/c1-12-18-15(17-11-14-4-3-9-23-14)10-16(19-12)21-7-5-20(6-8-21)13(2)22/h3-4,9-10H,5-8,11H2,1-2H3,(H,17,18,19). The summed E-state index contributed by atoms with van der Waals surface area (Å²) in [6, 6.07) is 5.73. The molecule has 0 aliphatic carbocycles. The largest absolute Gasteiger partial charge is 0.467 e. The second kappa shape index (κ2) is 6.68. The molecule has 0 bridgehead atoms. The minimum atomic E-state index is 0.129. The number of piperazine rings is 1. The Morgan fingerprint density at radius 2 is 2.09 bits per heavy atom. The van der Waals surface area contributed by atoms with Crippen LogP contribution in [0.4, 0.5) is 11.6 Å². The van der Waals surface area contributed by atoms with E-state index in [1.165, 1.54) is 0 Å². The number of amides is 1. The van der Waals surface area contributed by atoms with E-state index in [9.17, 15) is 4.79 Å². The normalized spacial score (nSPS) is 14.9. The third kappa shape index (κ3) is 3.80. The van der Waals surface area contributed by atoms with E-state index >= 15 is 0 Å². The molecular weight excluding hydrogens is 294 g/mol. The van der Waals surface area contributed by atoms with Crippen molar-refractivity contribution in [1.29, 1.82) is 0 Å². The molecule has 0 atom stereocenters. The fourth-order valence-corrected chi connectivity index (χ4v) is 2.65. The summed E-state index contributed by atoms with van der Waals surface area (Å²) in [6.07, 6.45) is 1.65. The summed E-state index contributed by atoms with van der Waals surface area (Å²) in [6.45, 7) is 7.11. The molecule has 3 rings (SSSR count). The predicted molar refractivity (Wildman–Crippen MR) is 87.3 cm³/mol. The molecule has 7 heteroatoms. The van der Waals surface area contributed by atoms with Crippen molar-refractivity contribution in [2.45, 2.75) is 20.4 Å². The second-order valence-electron chi connectivity index (χ2n) is 5.58. The van der Waals surface area contributed by atoms with Gasteiger partial charge in [-0.05, 0) is 19.1 Å². The summed E-state index contributed by atoms with van der Waals surface area (Å²) >= 11 is 0. The molecule has 1 amide bonds. The Labute approximate surface area is 135 Å². The summed E-state index contributed by atoms with van der Waals surface area (Å²) in [5, 5.41) is 3.26. The van der Waals surface area contributed by atoms with E-state index in [0.29, 0.717) is 6.54 Å². The van der Waals surface area contributed by atoms with Crippen LogP contribution in [0.1, 0.15) is 18.5 Å². The highest BCUT2D eigenvalue weighted by Gasteiger charge is 2.20. The van der Waals surface area contributed by atoms with Crippen molar-refractivity contribution in [2.24, 2.45) is 0 Å². The molecular formula is C16H21N5O2. The lowest BCUT2D eigenvalue weighted by Crippen LogP contribution is -2.48. The van der Waals surface area contributed by atoms with Gasteiger partial charge in [0.2, 0.25) is 5.91 Å². The zero-order valence-electron chi connectivity index (χ0n) is 13.5. The highest BCUT2D eigenvalue weighted by molar-refractivity contribution is 5.73. The van der Waals surface area contributed by atoms with Gasteiger partial charge in [0, 0.05) is 39.2 Å². The summed E-state index contributed by atoms with van der Waals surface area (Å²) in [7, 11) is 0. The number of furan rings is 1. The van der Waals surface area contributed by atoms with Crippen LogP contribution in [-0.4, -0.2) is 47.0 Å². The maximum absolute atomic E-state index is 11.4. The van der Waals surface area contributed by atoms with Gasteiger partial charge in [-0.3, -0.25) is 4.79 Å². The lowest BCUT2D eigenvalue weighted by atomic mass is 10.3. The highest BCUT2D eigenvalue weighted by Crippen LogP contribution is 2.18. The van der Waals surface area contributed by atoms with Crippen LogP contribution in [0.25, 0.3) is 0 Å². The van der Waals surface area contributed by atoms with Crippen molar-refractivity contribution in [1.82, 2.24) is 14.9 Å². The van der Waals surface area contributed by atoms with Crippen molar-refractivity contribution in [3.05, 3.63) is 36.0 Å². The minimum absolute atomic E-state index is 0.129. The Morgan fingerprint density at radius 3 is 2.74 bits per heavy atom. The molecule has 0 spiro atoms. The van der Waals surface area contributed by atoms with Gasteiger partial charge in [-0.1, -0.05) is 0 Å². The summed E-state index contributed by atoms with van der Waals surface area (Å²) < 4.78 is 5.31. The lowest BCUT2D eigenvalue weighted by molar-refractivity contribution is -0.129. The van der Waals surface area contributed by atoms with E-state index < -0.39 is 0 Å². The molecule has 2 aromatic heterocycles. The fraction of sp³-hybridized carbons (Fsp3) is 0.438. The number of carbonyl (C=O) groups is 1. The third-order valence-electron chi connectivity index (χ3n) is 3.90. The average molecular weight is 315 g/mol. The molecule has 23 heavy (non-hydrogen) atoms. The van der Waals surface area contributed by atoms with Gasteiger partial charge >= 0.3 is 0 Å². The minimum Gasteiger partial charge on any atom is -0.467 e. The van der Waals surface area contributed by atoms with Gasteiger partial charge in [0.05, 0.1) is 12.8 Å². The van der Waals surface area contributed by atoms with E-state index in [1.807, 2.05) is 30.0 Å². The third-order valence-corrected chi connectivity index (χ3v) is 3.90. The predicted octanol–water partition coefficient (Wildman–Crippen LogP) is 1.66. The maximum Gasteiger partial charge on any atom is 0.219 e. The van der Waals surface area contributed by atoms with Gasteiger partial charge < -0.3 is 19.5 Å². The Hall–Kier alpha value is -2.57. The molecule has 1 saturated heterocycles. The molecule has 1 fully saturated rings. The molecule has 122 valence electrons. The van der Waals surface area contributed by atoms with Crippen LogP contribution in [-0.2, 0) is 11.3 Å². The summed E-state index contributed by atoms with van der Waals surface area (Å²) in [5.74, 6) is 3.38. The van der Waals surface area contributed by atoms with E-state index in [0.717, 1.165) is 49.4 Å². The number of carbonyl (C=O) groups excluding carboxylic acids is 1. The first-order chi connectivity index (χ1) is 11.1. The molecule has 0 saturated carbocycles. The first kappa shape index (κ1) is 15.3. The van der Waals surface area contributed by atoms with Gasteiger partial charge in [0.1, 0.15) is 23.2 Å². The number of nitrogens with zero attached hydrogens (tertiary/aromatic N) is 4. The first-order valence-electron chi connectivity index (χ1n) is 7.74. The Balaban J connectivity index is 1.67. The lowest BCUT2D eigenvalue weighted by Gasteiger charge is -2.35. The van der Waals surface area contributed by atoms with Gasteiger partial charge in [-0.25, -0.2) is 9.97 Å². The van der Waals surface area contributed by atoms with Crippen molar-refractivity contribution in [3.63, 3.8) is 0 Å². The summed E-state index contributed by atoms with van der Waals surface area (Å²) in [5.41, 5.74) is 0. The SMILES string of the molecule is CC(=O)N1CCN(c2cc(NCc3ccco3)nc(C)n2)CC1. The molecule has 0 unspecified atom stereocenters. The molecule has 0 radical (unpaired) electrons. The van der Waals surface area contributed by atoms with Crippen LogP contribution in [0, 0.1) is 6.92 Å². The van der Waals surface area contributed by atoms with Gasteiger partial charge in [-0.15, -0.1) is 0 Å². The molecule has 1 aliphatic rings. The Morgan fingerprint density at radius 1 is 1.30 bits per heavy atom. The van der Waals surface area contributed by atoms with Crippen LogP contribution in [0.5, 0.6) is 0 Å². The number of anilines is 2. The molecule has 1 N–H and O–H groups in total. The van der Waals surface area contributed by atoms with E-state index in [2.05, 4.69) is 20.2 Å². The van der Waals surface area contributed by atoms with Gasteiger partial charge in [-0.2, -0.15) is 0 Å². The highest BCUT2D eigenvalue weighted by atomic mass is 16.3. The van der Waals surface area contributed by atoms with Gasteiger partial charge in [0.25, 0.3) is 0 Å². The number of hydrogen-bond acceptors (Lipinski definition) is 6. The molecule has 1 aliphatic heterocycles. The van der Waals surface area contributed by atoms with Crippen molar-refractivity contribution >= 4 is 17.5 Å². The van der Waals surface area contributed by atoms with Crippen molar-refractivity contribution < 1.29 is 9.21 Å². The molecule has 0 aromatic carbocycles. The number of rotatable bonds is 4. The van der Waals surface area contributed by atoms with Crippen LogP contribution in [0.15, 0.2) is 28.9 Å². The molecule has 2 aromatic rings.